The second-order valence-corrected chi connectivity index (χ2v) is 3.87. The van der Waals surface area contributed by atoms with Crippen molar-refractivity contribution in [3.63, 3.8) is 0 Å². The Labute approximate surface area is 73.7 Å². The topological polar surface area (TPSA) is 81.1 Å². The zero-order valence-corrected chi connectivity index (χ0v) is 8.05. The van der Waals surface area contributed by atoms with Gasteiger partial charge in [-0.05, 0) is 18.9 Å². The van der Waals surface area contributed by atoms with Gasteiger partial charge < -0.3 is 16.8 Å². The Morgan fingerprint density at radius 2 is 2.08 bits per heavy atom. The molecule has 4 nitrogen and oxygen atoms in total. The molecule has 0 aliphatic rings. The fourth-order valence-corrected chi connectivity index (χ4v) is 0.560. The van der Waals surface area contributed by atoms with Crippen LogP contribution in [0.4, 0.5) is 0 Å². The Kier molecular flexibility index (Phi) is 4.20. The van der Waals surface area contributed by atoms with Gasteiger partial charge in [0, 0.05) is 6.54 Å². The third kappa shape index (κ3) is 4.31. The molecule has 12 heavy (non-hydrogen) atoms. The van der Waals surface area contributed by atoms with Crippen LogP contribution in [0.15, 0.2) is 0 Å². The second-order valence-electron chi connectivity index (χ2n) is 3.87. The van der Waals surface area contributed by atoms with E-state index in [-0.39, 0.29) is 11.3 Å². The third-order valence-electron chi connectivity index (χ3n) is 1.71. The van der Waals surface area contributed by atoms with Gasteiger partial charge in [-0.3, -0.25) is 4.79 Å². The summed E-state index contributed by atoms with van der Waals surface area (Å²) in [5.74, 6) is -0.128. The maximum Gasteiger partial charge on any atom is 0.236 e. The molecule has 5 N–H and O–H groups in total. The molecule has 0 aromatic heterocycles. The van der Waals surface area contributed by atoms with E-state index in [1.54, 1.807) is 6.92 Å². The first kappa shape index (κ1) is 11.4. The molecule has 0 aliphatic carbocycles. The summed E-state index contributed by atoms with van der Waals surface area (Å²) in [6, 6.07) is -0.446. The summed E-state index contributed by atoms with van der Waals surface area (Å²) in [4.78, 5) is 11.0. The summed E-state index contributed by atoms with van der Waals surface area (Å²) in [6.07, 6.45) is 0. The van der Waals surface area contributed by atoms with Gasteiger partial charge in [-0.2, -0.15) is 0 Å². The van der Waals surface area contributed by atoms with Crippen molar-refractivity contribution in [2.75, 3.05) is 13.1 Å². The first-order valence-electron chi connectivity index (χ1n) is 4.12. The summed E-state index contributed by atoms with van der Waals surface area (Å²) >= 11 is 0. The molecule has 1 atom stereocenters. The van der Waals surface area contributed by atoms with Crippen LogP contribution in [-0.2, 0) is 4.79 Å². The highest BCUT2D eigenvalue weighted by molar-refractivity contribution is 5.80. The fraction of sp³-hybridized carbons (Fsp3) is 0.875. The third-order valence-corrected chi connectivity index (χ3v) is 1.71. The van der Waals surface area contributed by atoms with Gasteiger partial charge in [0.05, 0.1) is 6.04 Å². The fourth-order valence-electron chi connectivity index (χ4n) is 0.560. The number of nitrogens with one attached hydrogen (secondary N) is 1. The van der Waals surface area contributed by atoms with Gasteiger partial charge in [-0.1, -0.05) is 13.8 Å². The molecule has 0 radical (unpaired) electrons. The van der Waals surface area contributed by atoms with Crippen LogP contribution < -0.4 is 16.8 Å². The molecule has 0 saturated heterocycles. The minimum absolute atomic E-state index is 0.0510. The summed E-state index contributed by atoms with van der Waals surface area (Å²) in [7, 11) is 0. The number of rotatable bonds is 4. The Morgan fingerprint density at radius 1 is 1.58 bits per heavy atom. The highest BCUT2D eigenvalue weighted by atomic mass is 16.2. The van der Waals surface area contributed by atoms with E-state index in [9.17, 15) is 4.79 Å². The van der Waals surface area contributed by atoms with E-state index in [2.05, 4.69) is 5.32 Å². The lowest BCUT2D eigenvalue weighted by atomic mass is 9.94. The van der Waals surface area contributed by atoms with Crippen molar-refractivity contribution in [3.05, 3.63) is 0 Å². The highest BCUT2D eigenvalue weighted by Crippen LogP contribution is 2.09. The van der Waals surface area contributed by atoms with E-state index in [1.807, 2.05) is 13.8 Å². The minimum Gasteiger partial charge on any atom is -0.354 e. The number of hydrogen-bond donors (Lipinski definition) is 3. The molecule has 0 aromatic carbocycles. The molecule has 0 fully saturated rings. The zero-order valence-electron chi connectivity index (χ0n) is 8.05. The van der Waals surface area contributed by atoms with Crippen LogP contribution in [0.5, 0.6) is 0 Å². The average molecular weight is 173 g/mol. The molecule has 0 saturated carbocycles. The van der Waals surface area contributed by atoms with Gasteiger partial charge in [-0.15, -0.1) is 0 Å². The lowest BCUT2D eigenvalue weighted by Gasteiger charge is -2.23. The van der Waals surface area contributed by atoms with Crippen molar-refractivity contribution >= 4 is 5.91 Å². The molecule has 0 aliphatic heterocycles. The smallest absolute Gasteiger partial charge is 0.236 e. The van der Waals surface area contributed by atoms with Crippen LogP contribution in [0, 0.1) is 5.41 Å². The summed E-state index contributed by atoms with van der Waals surface area (Å²) < 4.78 is 0. The van der Waals surface area contributed by atoms with E-state index < -0.39 is 6.04 Å². The lowest BCUT2D eigenvalue weighted by Crippen LogP contribution is -2.44. The first-order valence-corrected chi connectivity index (χ1v) is 4.12. The van der Waals surface area contributed by atoms with E-state index in [0.29, 0.717) is 13.1 Å². The largest absolute Gasteiger partial charge is 0.354 e. The van der Waals surface area contributed by atoms with E-state index >= 15 is 0 Å². The van der Waals surface area contributed by atoms with Crippen LogP contribution in [0.3, 0.4) is 0 Å². The van der Waals surface area contributed by atoms with Crippen LogP contribution in [0.1, 0.15) is 20.8 Å². The van der Waals surface area contributed by atoms with Gasteiger partial charge in [0.1, 0.15) is 0 Å². The van der Waals surface area contributed by atoms with Crippen LogP contribution in [0.2, 0.25) is 0 Å². The van der Waals surface area contributed by atoms with Gasteiger partial charge >= 0.3 is 0 Å². The SMILES string of the molecule is CC(N)C(=O)NCC(C)(C)CN. The predicted molar refractivity (Wildman–Crippen MR) is 49.5 cm³/mol. The normalized spacial score (nSPS) is 14.1. The summed E-state index contributed by atoms with van der Waals surface area (Å²) in [5.41, 5.74) is 10.8. The molecule has 1 unspecified atom stereocenters. The van der Waals surface area contributed by atoms with Crippen LogP contribution in [-0.4, -0.2) is 25.0 Å². The van der Waals surface area contributed by atoms with Crippen molar-refractivity contribution in [1.29, 1.82) is 0 Å². The first-order chi connectivity index (χ1) is 5.39. The molecule has 4 heteroatoms. The number of amides is 1. The number of carbonyl (C=O) groups is 1. The van der Waals surface area contributed by atoms with Crippen molar-refractivity contribution in [2.45, 2.75) is 26.8 Å². The van der Waals surface area contributed by atoms with Crippen LogP contribution >= 0.6 is 0 Å². The zero-order chi connectivity index (χ0) is 9.78. The molecule has 0 rings (SSSR count). The maximum atomic E-state index is 11.0. The number of nitrogens with two attached hydrogens (primary N) is 2. The van der Waals surface area contributed by atoms with Gasteiger partial charge in [0.2, 0.25) is 5.91 Å². The van der Waals surface area contributed by atoms with Crippen molar-refractivity contribution in [3.8, 4) is 0 Å². The highest BCUT2D eigenvalue weighted by Gasteiger charge is 2.17. The minimum atomic E-state index is -0.446. The van der Waals surface area contributed by atoms with Crippen molar-refractivity contribution in [2.24, 2.45) is 16.9 Å². The van der Waals surface area contributed by atoms with Crippen molar-refractivity contribution in [1.82, 2.24) is 5.32 Å². The van der Waals surface area contributed by atoms with E-state index in [0.717, 1.165) is 0 Å². The van der Waals surface area contributed by atoms with E-state index in [1.165, 1.54) is 0 Å². The molecule has 72 valence electrons. The molecular weight excluding hydrogens is 154 g/mol. The lowest BCUT2D eigenvalue weighted by molar-refractivity contribution is -0.122. The van der Waals surface area contributed by atoms with Gasteiger partial charge in [0.15, 0.2) is 0 Å². The van der Waals surface area contributed by atoms with E-state index in [4.69, 9.17) is 11.5 Å². The van der Waals surface area contributed by atoms with Gasteiger partial charge in [0.25, 0.3) is 0 Å². The Balaban J connectivity index is 3.76. The Bertz CT molecular complexity index is 154. The second kappa shape index (κ2) is 4.42. The number of carbonyl (C=O) groups excluding carboxylic acids is 1. The Morgan fingerprint density at radius 3 is 2.42 bits per heavy atom. The molecule has 0 bridgehead atoms. The summed E-state index contributed by atoms with van der Waals surface area (Å²) in [6.45, 7) is 6.77. The molecule has 1 amide bonds. The standard InChI is InChI=1S/C8H19N3O/c1-6(10)7(12)11-5-8(2,3)4-9/h6H,4-5,9-10H2,1-3H3,(H,11,12). The van der Waals surface area contributed by atoms with Crippen molar-refractivity contribution < 1.29 is 4.79 Å². The Hall–Kier alpha value is -0.610. The quantitative estimate of drug-likeness (QED) is 0.533. The molecule has 0 spiro atoms. The van der Waals surface area contributed by atoms with Crippen LogP contribution in [0.25, 0.3) is 0 Å². The molecular formula is C8H19N3O. The maximum absolute atomic E-state index is 11.0. The average Bonchev–Trinajstić information content (AvgIpc) is 2.00. The molecule has 0 heterocycles. The van der Waals surface area contributed by atoms with Gasteiger partial charge in [-0.25, -0.2) is 0 Å². The monoisotopic (exact) mass is 173 g/mol. The number of hydrogen-bond acceptors (Lipinski definition) is 3. The predicted octanol–water partition coefficient (Wildman–Crippen LogP) is -0.565. The molecule has 0 aromatic rings. The summed E-state index contributed by atoms with van der Waals surface area (Å²) in [5, 5.41) is 2.73.